The average Bonchev–Trinajstić information content (AvgIpc) is 2.01. The van der Waals surface area contributed by atoms with Gasteiger partial charge in [-0.3, -0.25) is 0 Å². The molecule has 2 nitrogen and oxygen atoms in total. The standard InChI is InChI=1S/C11H13ClO2/c1-11(2,3)9-5-4-7(12)6-8(9)10(13)14/h4-6H,1-3H3,(H,13,14). The van der Waals surface area contributed by atoms with Crippen LogP contribution in [0.2, 0.25) is 5.02 Å². The highest BCUT2D eigenvalue weighted by molar-refractivity contribution is 6.31. The van der Waals surface area contributed by atoms with Crippen molar-refractivity contribution in [1.82, 2.24) is 0 Å². The predicted octanol–water partition coefficient (Wildman–Crippen LogP) is 3.34. The molecule has 0 unspecified atom stereocenters. The maximum Gasteiger partial charge on any atom is 0.336 e. The van der Waals surface area contributed by atoms with Crippen molar-refractivity contribution in [3.05, 3.63) is 34.3 Å². The maximum atomic E-state index is 11.0. The normalized spacial score (nSPS) is 11.4. The minimum absolute atomic E-state index is 0.182. The number of benzene rings is 1. The zero-order chi connectivity index (χ0) is 10.9. The highest BCUT2D eigenvalue weighted by atomic mass is 35.5. The average molecular weight is 213 g/mol. The fourth-order valence-electron chi connectivity index (χ4n) is 1.35. The van der Waals surface area contributed by atoms with Gasteiger partial charge in [-0.15, -0.1) is 0 Å². The summed E-state index contributed by atoms with van der Waals surface area (Å²) in [7, 11) is 0. The largest absolute Gasteiger partial charge is 0.478 e. The molecule has 0 spiro atoms. The van der Waals surface area contributed by atoms with E-state index in [0.29, 0.717) is 5.02 Å². The number of hydrogen-bond acceptors (Lipinski definition) is 1. The fourth-order valence-corrected chi connectivity index (χ4v) is 1.52. The molecule has 76 valence electrons. The van der Waals surface area contributed by atoms with Crippen LogP contribution in [0.15, 0.2) is 18.2 Å². The van der Waals surface area contributed by atoms with E-state index in [2.05, 4.69) is 0 Å². The molecule has 0 radical (unpaired) electrons. The molecule has 3 heteroatoms. The molecule has 1 rings (SSSR count). The van der Waals surface area contributed by atoms with Gasteiger partial charge in [-0.05, 0) is 23.1 Å². The van der Waals surface area contributed by atoms with Gasteiger partial charge >= 0.3 is 5.97 Å². The van der Waals surface area contributed by atoms with Crippen molar-refractivity contribution < 1.29 is 9.90 Å². The first-order chi connectivity index (χ1) is 6.32. The number of carbonyl (C=O) groups is 1. The van der Waals surface area contributed by atoms with E-state index in [1.807, 2.05) is 20.8 Å². The van der Waals surface area contributed by atoms with Crippen molar-refractivity contribution in [2.24, 2.45) is 0 Å². The second-order valence-corrected chi connectivity index (χ2v) is 4.68. The predicted molar refractivity (Wildman–Crippen MR) is 57.1 cm³/mol. The number of hydrogen-bond donors (Lipinski definition) is 1. The molecular formula is C11H13ClO2. The van der Waals surface area contributed by atoms with Gasteiger partial charge in [0.25, 0.3) is 0 Å². The first-order valence-corrected chi connectivity index (χ1v) is 4.73. The van der Waals surface area contributed by atoms with E-state index >= 15 is 0 Å². The van der Waals surface area contributed by atoms with Crippen LogP contribution >= 0.6 is 11.6 Å². The molecular weight excluding hydrogens is 200 g/mol. The van der Waals surface area contributed by atoms with Crippen LogP contribution in [0.4, 0.5) is 0 Å². The highest BCUT2D eigenvalue weighted by Crippen LogP contribution is 2.27. The molecule has 0 fully saturated rings. The van der Waals surface area contributed by atoms with E-state index < -0.39 is 5.97 Å². The number of halogens is 1. The van der Waals surface area contributed by atoms with Crippen molar-refractivity contribution >= 4 is 17.6 Å². The smallest absolute Gasteiger partial charge is 0.336 e. The third kappa shape index (κ3) is 2.26. The highest BCUT2D eigenvalue weighted by Gasteiger charge is 2.21. The Bertz CT molecular complexity index is 364. The van der Waals surface area contributed by atoms with Crippen molar-refractivity contribution in [2.45, 2.75) is 26.2 Å². The van der Waals surface area contributed by atoms with E-state index in [1.165, 1.54) is 6.07 Å². The summed E-state index contributed by atoms with van der Waals surface area (Å²) in [5, 5.41) is 9.45. The first-order valence-electron chi connectivity index (χ1n) is 4.35. The second-order valence-electron chi connectivity index (χ2n) is 4.25. The lowest BCUT2D eigenvalue weighted by atomic mass is 9.84. The van der Waals surface area contributed by atoms with Crippen LogP contribution in [0.1, 0.15) is 36.7 Å². The van der Waals surface area contributed by atoms with Crippen LogP contribution in [0.25, 0.3) is 0 Å². The second kappa shape index (κ2) is 3.62. The molecule has 1 aromatic rings. The van der Waals surface area contributed by atoms with Gasteiger partial charge in [-0.2, -0.15) is 0 Å². The van der Waals surface area contributed by atoms with Crippen molar-refractivity contribution in [2.75, 3.05) is 0 Å². The van der Waals surface area contributed by atoms with E-state index in [4.69, 9.17) is 16.7 Å². The molecule has 0 aliphatic heterocycles. The Balaban J connectivity index is 3.37. The summed E-state index contributed by atoms with van der Waals surface area (Å²) in [6.45, 7) is 5.92. The monoisotopic (exact) mass is 212 g/mol. The Labute approximate surface area is 88.5 Å². The van der Waals surface area contributed by atoms with E-state index in [0.717, 1.165) is 5.56 Å². The summed E-state index contributed by atoms with van der Waals surface area (Å²) in [6.07, 6.45) is 0. The fraction of sp³-hybridized carbons (Fsp3) is 0.364. The summed E-state index contributed by atoms with van der Waals surface area (Å²) in [6, 6.07) is 4.98. The van der Waals surface area contributed by atoms with Crippen LogP contribution in [0.5, 0.6) is 0 Å². The summed E-state index contributed by atoms with van der Waals surface area (Å²) < 4.78 is 0. The molecule has 0 aromatic heterocycles. The van der Waals surface area contributed by atoms with Crippen LogP contribution in [0.3, 0.4) is 0 Å². The van der Waals surface area contributed by atoms with Crippen LogP contribution in [-0.4, -0.2) is 11.1 Å². The molecule has 14 heavy (non-hydrogen) atoms. The van der Waals surface area contributed by atoms with Crippen molar-refractivity contribution in [3.8, 4) is 0 Å². The molecule has 0 aliphatic carbocycles. The SMILES string of the molecule is CC(C)(C)c1ccc(Cl)cc1C(=O)O. The van der Waals surface area contributed by atoms with E-state index in [9.17, 15) is 4.79 Å². The van der Waals surface area contributed by atoms with Crippen molar-refractivity contribution in [1.29, 1.82) is 0 Å². The maximum absolute atomic E-state index is 11.0. The lowest BCUT2D eigenvalue weighted by Crippen LogP contribution is -2.16. The molecule has 0 aliphatic rings. The van der Waals surface area contributed by atoms with Gasteiger partial charge in [0.05, 0.1) is 5.56 Å². The third-order valence-corrected chi connectivity index (χ3v) is 2.26. The Morgan fingerprint density at radius 3 is 2.36 bits per heavy atom. The van der Waals surface area contributed by atoms with Gasteiger partial charge in [0.1, 0.15) is 0 Å². The number of rotatable bonds is 1. The summed E-state index contributed by atoms with van der Waals surface area (Å²) in [5.41, 5.74) is 0.901. The number of carboxylic acid groups (broad SMARTS) is 1. The van der Waals surface area contributed by atoms with Gasteiger partial charge in [-0.1, -0.05) is 38.4 Å². The summed E-state index contributed by atoms with van der Waals surface area (Å²) >= 11 is 5.75. The Morgan fingerprint density at radius 2 is 1.93 bits per heavy atom. The van der Waals surface area contributed by atoms with E-state index in [-0.39, 0.29) is 11.0 Å². The molecule has 0 saturated carbocycles. The van der Waals surface area contributed by atoms with Gasteiger partial charge in [0.2, 0.25) is 0 Å². The van der Waals surface area contributed by atoms with Crippen molar-refractivity contribution in [3.63, 3.8) is 0 Å². The van der Waals surface area contributed by atoms with Gasteiger partial charge < -0.3 is 5.11 Å². The van der Waals surface area contributed by atoms with Crippen LogP contribution in [-0.2, 0) is 5.41 Å². The zero-order valence-corrected chi connectivity index (χ0v) is 9.22. The van der Waals surface area contributed by atoms with Gasteiger partial charge in [-0.25, -0.2) is 4.79 Å². The summed E-state index contributed by atoms with van der Waals surface area (Å²) in [5.74, 6) is -0.933. The van der Waals surface area contributed by atoms with Gasteiger partial charge in [0, 0.05) is 5.02 Å². The molecule has 0 heterocycles. The molecule has 1 aromatic carbocycles. The lowest BCUT2D eigenvalue weighted by Gasteiger charge is -2.21. The Morgan fingerprint density at radius 1 is 1.36 bits per heavy atom. The van der Waals surface area contributed by atoms with Gasteiger partial charge in [0.15, 0.2) is 0 Å². The topological polar surface area (TPSA) is 37.3 Å². The Hall–Kier alpha value is -1.02. The number of aromatic carboxylic acids is 1. The zero-order valence-electron chi connectivity index (χ0n) is 8.47. The minimum Gasteiger partial charge on any atom is -0.478 e. The van der Waals surface area contributed by atoms with Crippen LogP contribution < -0.4 is 0 Å². The quantitative estimate of drug-likeness (QED) is 0.775. The third-order valence-electron chi connectivity index (χ3n) is 2.02. The molecule has 1 N–H and O–H groups in total. The number of carboxylic acids is 1. The summed E-state index contributed by atoms with van der Waals surface area (Å²) in [4.78, 5) is 11.0. The lowest BCUT2D eigenvalue weighted by molar-refractivity contribution is 0.0694. The molecule has 0 saturated heterocycles. The minimum atomic E-state index is -0.933. The molecule has 0 atom stereocenters. The van der Waals surface area contributed by atoms with E-state index in [1.54, 1.807) is 12.1 Å². The first kappa shape index (κ1) is 11.1. The van der Waals surface area contributed by atoms with Crippen LogP contribution in [0, 0.1) is 0 Å². The molecule has 0 amide bonds. The Kier molecular flexibility index (Phi) is 2.86. The molecule has 0 bridgehead atoms.